The number of amides is 2. The summed E-state index contributed by atoms with van der Waals surface area (Å²) in [4.78, 5) is 35.5. The second kappa shape index (κ2) is 11.7. The fraction of sp³-hybridized carbons (Fsp3) is 0.318. The highest BCUT2D eigenvalue weighted by Gasteiger charge is 2.43. The largest absolute Gasteiger partial charge is 0.452 e. The minimum Gasteiger partial charge on any atom is -0.445 e. The predicted octanol–water partition coefficient (Wildman–Crippen LogP) is 4.01. The maximum atomic E-state index is 12.9. The first kappa shape index (κ1) is 23.9. The molecule has 0 bridgehead atoms. The van der Waals surface area contributed by atoms with Crippen molar-refractivity contribution in [2.45, 2.75) is 38.1 Å². The van der Waals surface area contributed by atoms with E-state index in [2.05, 4.69) is 10.6 Å². The van der Waals surface area contributed by atoms with Crippen LogP contribution in [0.4, 0.5) is 18.0 Å². The summed E-state index contributed by atoms with van der Waals surface area (Å²) in [5, 5.41) is 4.65. The Balaban J connectivity index is 1.77. The van der Waals surface area contributed by atoms with E-state index in [1.165, 1.54) is 12.1 Å². The molecule has 0 radical (unpaired) electrons. The summed E-state index contributed by atoms with van der Waals surface area (Å²) < 4.78 is 43.7. The molecule has 2 aromatic rings. The standard InChI is InChI=1S/C22H23F3N2O4/c23-22(24,25)19(28)18(27-20(29)17-11-5-2-6-12-17)13-7-8-14-26-21(30)31-15-16-9-3-1-4-10-16/h1-6,9-12,18H,7-8,13-15H2,(H,26,30)(H,27,29). The Kier molecular flexibility index (Phi) is 9.05. The van der Waals surface area contributed by atoms with Crippen molar-refractivity contribution in [2.75, 3.05) is 6.54 Å². The van der Waals surface area contributed by atoms with Crippen LogP contribution in [-0.2, 0) is 16.1 Å². The molecule has 0 spiro atoms. The monoisotopic (exact) mass is 436 g/mol. The summed E-state index contributed by atoms with van der Waals surface area (Å²) >= 11 is 0. The van der Waals surface area contributed by atoms with Crippen molar-refractivity contribution in [3.05, 3.63) is 71.8 Å². The van der Waals surface area contributed by atoms with E-state index in [9.17, 15) is 27.6 Å². The lowest BCUT2D eigenvalue weighted by Crippen LogP contribution is -2.46. The number of carbonyl (C=O) groups excluding carboxylic acids is 3. The zero-order chi connectivity index (χ0) is 22.7. The van der Waals surface area contributed by atoms with Crippen molar-refractivity contribution < 1.29 is 32.3 Å². The quantitative estimate of drug-likeness (QED) is 0.551. The van der Waals surface area contributed by atoms with Crippen molar-refractivity contribution in [3.8, 4) is 0 Å². The Bertz CT molecular complexity index is 858. The number of unbranched alkanes of at least 4 members (excludes halogenated alkanes) is 1. The number of nitrogens with one attached hydrogen (secondary N) is 2. The van der Waals surface area contributed by atoms with E-state index in [0.717, 1.165) is 5.56 Å². The minimum absolute atomic E-state index is 0.0976. The molecule has 0 aromatic heterocycles. The number of ketones is 1. The molecule has 0 aliphatic heterocycles. The lowest BCUT2D eigenvalue weighted by atomic mass is 10.0. The molecule has 0 aliphatic carbocycles. The van der Waals surface area contributed by atoms with Crippen molar-refractivity contribution in [1.82, 2.24) is 10.6 Å². The van der Waals surface area contributed by atoms with Gasteiger partial charge >= 0.3 is 12.3 Å². The van der Waals surface area contributed by atoms with Gasteiger partial charge in [0, 0.05) is 12.1 Å². The number of hydrogen-bond acceptors (Lipinski definition) is 4. The Hall–Kier alpha value is -3.36. The SMILES string of the molecule is O=C(NCCCCC(NC(=O)c1ccccc1)C(=O)C(F)(F)F)OCc1ccccc1. The summed E-state index contributed by atoms with van der Waals surface area (Å²) in [7, 11) is 0. The molecule has 0 saturated heterocycles. The van der Waals surface area contributed by atoms with E-state index in [4.69, 9.17) is 4.74 Å². The number of rotatable bonds is 10. The van der Waals surface area contributed by atoms with Gasteiger partial charge in [0.05, 0.1) is 6.04 Å². The van der Waals surface area contributed by atoms with Crippen LogP contribution in [0, 0.1) is 0 Å². The molecule has 0 heterocycles. The van der Waals surface area contributed by atoms with Crippen LogP contribution < -0.4 is 10.6 Å². The van der Waals surface area contributed by atoms with E-state index in [0.29, 0.717) is 6.42 Å². The molecule has 1 unspecified atom stereocenters. The molecule has 6 nitrogen and oxygen atoms in total. The van der Waals surface area contributed by atoms with Gasteiger partial charge in [-0.1, -0.05) is 48.5 Å². The zero-order valence-corrected chi connectivity index (χ0v) is 16.7. The molecule has 1 atom stereocenters. The van der Waals surface area contributed by atoms with E-state index >= 15 is 0 Å². The number of hydrogen-bond donors (Lipinski definition) is 2. The van der Waals surface area contributed by atoms with Crippen LogP contribution in [0.25, 0.3) is 0 Å². The van der Waals surface area contributed by atoms with E-state index in [1.54, 1.807) is 30.3 Å². The summed E-state index contributed by atoms with van der Waals surface area (Å²) in [5.74, 6) is -2.77. The van der Waals surface area contributed by atoms with Crippen molar-refractivity contribution in [1.29, 1.82) is 0 Å². The Labute approximate surface area is 177 Å². The van der Waals surface area contributed by atoms with Crippen molar-refractivity contribution >= 4 is 17.8 Å². The van der Waals surface area contributed by atoms with E-state index < -0.39 is 30.0 Å². The third-order valence-corrected chi connectivity index (χ3v) is 4.34. The topological polar surface area (TPSA) is 84.5 Å². The molecule has 2 rings (SSSR count). The average Bonchev–Trinajstić information content (AvgIpc) is 2.76. The van der Waals surface area contributed by atoms with Gasteiger partial charge in [0.1, 0.15) is 6.61 Å². The van der Waals surface area contributed by atoms with Gasteiger partial charge in [-0.3, -0.25) is 9.59 Å². The molecule has 166 valence electrons. The molecule has 2 amide bonds. The number of alkyl halides is 3. The average molecular weight is 436 g/mol. The highest BCUT2D eigenvalue weighted by atomic mass is 19.4. The molecular weight excluding hydrogens is 413 g/mol. The van der Waals surface area contributed by atoms with Gasteiger partial charge in [-0.05, 0) is 37.0 Å². The van der Waals surface area contributed by atoms with Crippen LogP contribution in [0.2, 0.25) is 0 Å². The summed E-state index contributed by atoms with van der Waals surface area (Å²) in [5.41, 5.74) is 0.977. The zero-order valence-electron chi connectivity index (χ0n) is 16.7. The molecule has 2 aromatic carbocycles. The second-order valence-electron chi connectivity index (χ2n) is 6.74. The summed E-state index contributed by atoms with van der Waals surface area (Å²) in [6.45, 7) is 0.257. The van der Waals surface area contributed by atoms with Crippen LogP contribution >= 0.6 is 0 Å². The fourth-order valence-corrected chi connectivity index (χ4v) is 2.74. The Morgan fingerprint density at radius 2 is 1.52 bits per heavy atom. The van der Waals surface area contributed by atoms with Crippen molar-refractivity contribution in [3.63, 3.8) is 0 Å². The van der Waals surface area contributed by atoms with Gasteiger partial charge < -0.3 is 15.4 Å². The highest BCUT2D eigenvalue weighted by molar-refractivity contribution is 5.99. The van der Waals surface area contributed by atoms with Gasteiger partial charge in [-0.2, -0.15) is 13.2 Å². The predicted molar refractivity (Wildman–Crippen MR) is 107 cm³/mol. The van der Waals surface area contributed by atoms with Gasteiger partial charge in [0.25, 0.3) is 11.7 Å². The van der Waals surface area contributed by atoms with Gasteiger partial charge in [-0.15, -0.1) is 0 Å². The van der Waals surface area contributed by atoms with Crippen LogP contribution in [0.15, 0.2) is 60.7 Å². The van der Waals surface area contributed by atoms with E-state index in [-0.39, 0.29) is 31.6 Å². The smallest absolute Gasteiger partial charge is 0.445 e. The number of Topliss-reactive ketones (excluding diaryl/α,β-unsaturated/α-hetero) is 1. The van der Waals surface area contributed by atoms with E-state index in [1.807, 2.05) is 18.2 Å². The first-order valence-electron chi connectivity index (χ1n) is 9.69. The van der Waals surface area contributed by atoms with Crippen LogP contribution in [0.3, 0.4) is 0 Å². The summed E-state index contributed by atoms with van der Waals surface area (Å²) in [6.07, 6.45) is -5.43. The maximum Gasteiger partial charge on any atom is 0.452 e. The Morgan fingerprint density at radius 3 is 2.13 bits per heavy atom. The third-order valence-electron chi connectivity index (χ3n) is 4.34. The third kappa shape index (κ3) is 8.49. The van der Waals surface area contributed by atoms with Crippen LogP contribution in [0.1, 0.15) is 35.2 Å². The molecule has 0 fully saturated rings. The van der Waals surface area contributed by atoms with Gasteiger partial charge in [-0.25, -0.2) is 4.79 Å². The Morgan fingerprint density at radius 1 is 0.903 bits per heavy atom. The second-order valence-corrected chi connectivity index (χ2v) is 6.74. The molecule has 2 N–H and O–H groups in total. The molecule has 0 saturated carbocycles. The molecular formula is C22H23F3N2O4. The van der Waals surface area contributed by atoms with Gasteiger partial charge in [0.15, 0.2) is 0 Å². The maximum absolute atomic E-state index is 12.9. The molecule has 9 heteroatoms. The normalized spacial score (nSPS) is 12.0. The lowest BCUT2D eigenvalue weighted by Gasteiger charge is -2.19. The number of carbonyl (C=O) groups is 3. The fourth-order valence-electron chi connectivity index (χ4n) is 2.74. The minimum atomic E-state index is -5.06. The van der Waals surface area contributed by atoms with Crippen LogP contribution in [0.5, 0.6) is 0 Å². The lowest BCUT2D eigenvalue weighted by molar-refractivity contribution is -0.173. The number of benzene rings is 2. The highest BCUT2D eigenvalue weighted by Crippen LogP contribution is 2.20. The summed E-state index contributed by atoms with van der Waals surface area (Å²) in [6, 6.07) is 15.0. The molecule has 0 aliphatic rings. The van der Waals surface area contributed by atoms with Crippen LogP contribution in [-0.4, -0.2) is 36.5 Å². The van der Waals surface area contributed by atoms with Gasteiger partial charge in [0.2, 0.25) is 0 Å². The number of alkyl carbamates (subject to hydrolysis) is 1. The number of halogens is 3. The first-order chi connectivity index (χ1) is 14.8. The first-order valence-corrected chi connectivity index (χ1v) is 9.69. The van der Waals surface area contributed by atoms with Crippen molar-refractivity contribution in [2.24, 2.45) is 0 Å². The number of ether oxygens (including phenoxy) is 1. The molecule has 31 heavy (non-hydrogen) atoms.